The van der Waals surface area contributed by atoms with Gasteiger partial charge in [-0.2, -0.15) is 4.99 Å². The summed E-state index contributed by atoms with van der Waals surface area (Å²) >= 11 is 1.48. The second-order valence-corrected chi connectivity index (χ2v) is 10.4. The fraction of sp³-hybridized carbons (Fsp3) is 0.346. The van der Waals surface area contributed by atoms with Crippen molar-refractivity contribution in [3.8, 4) is 11.4 Å². The summed E-state index contributed by atoms with van der Waals surface area (Å²) in [7, 11) is 1.99. The molecule has 2 saturated carbocycles. The van der Waals surface area contributed by atoms with E-state index in [1.54, 1.807) is 12.5 Å². The van der Waals surface area contributed by atoms with Crippen molar-refractivity contribution in [1.82, 2.24) is 34.0 Å². The van der Waals surface area contributed by atoms with E-state index < -0.39 is 0 Å². The Morgan fingerprint density at radius 3 is 2.69 bits per heavy atom. The highest BCUT2D eigenvalue weighted by Crippen LogP contribution is 2.39. The Bertz CT molecular complexity index is 1670. The number of amides is 1. The first-order valence-electron chi connectivity index (χ1n) is 12.4. The molecular formula is C26H26N8OS. The minimum atomic E-state index is 0.139. The van der Waals surface area contributed by atoms with Gasteiger partial charge in [-0.1, -0.05) is 6.07 Å². The van der Waals surface area contributed by atoms with Crippen LogP contribution in [0.25, 0.3) is 33.5 Å². The smallest absolute Gasteiger partial charge is 0.271 e. The highest BCUT2D eigenvalue weighted by atomic mass is 32.1. The number of aromatic amines is 1. The van der Waals surface area contributed by atoms with E-state index in [1.807, 2.05) is 36.7 Å². The number of aryl methyl sites for hydroxylation is 2. The maximum absolute atomic E-state index is 13.8. The number of H-pyrrole nitrogens is 1. The number of carbonyl (C=O) groups excluding carboxylic acids is 1. The van der Waals surface area contributed by atoms with Gasteiger partial charge >= 0.3 is 0 Å². The van der Waals surface area contributed by atoms with Crippen molar-refractivity contribution in [2.45, 2.75) is 51.2 Å². The molecule has 5 aromatic heterocycles. The monoisotopic (exact) mass is 498 g/mol. The summed E-state index contributed by atoms with van der Waals surface area (Å²) in [4.78, 5) is 37.9. The molecule has 0 aliphatic heterocycles. The molecule has 0 saturated heterocycles. The number of nitrogens with zero attached hydrogens (tertiary/aromatic N) is 7. The Morgan fingerprint density at radius 2 is 2.00 bits per heavy atom. The molecule has 1 amide bonds. The molecule has 0 aromatic carbocycles. The van der Waals surface area contributed by atoms with Gasteiger partial charge in [0.1, 0.15) is 28.1 Å². The van der Waals surface area contributed by atoms with Crippen LogP contribution in [-0.4, -0.2) is 52.0 Å². The number of pyridine rings is 2. The lowest BCUT2D eigenvalue weighted by Gasteiger charge is -2.23. The minimum absolute atomic E-state index is 0.139. The molecule has 10 heteroatoms. The summed E-state index contributed by atoms with van der Waals surface area (Å²) in [6.45, 7) is 2.76. The number of aromatic nitrogens is 6. The topological polar surface area (TPSA) is 97.0 Å². The summed E-state index contributed by atoms with van der Waals surface area (Å²) in [5, 5.41) is 3.57. The van der Waals surface area contributed by atoms with E-state index in [0.717, 1.165) is 70.3 Å². The molecule has 5 aromatic rings. The lowest BCUT2D eigenvalue weighted by Crippen LogP contribution is -2.36. The zero-order valence-corrected chi connectivity index (χ0v) is 21.0. The van der Waals surface area contributed by atoms with Crippen LogP contribution in [0.4, 0.5) is 5.13 Å². The van der Waals surface area contributed by atoms with Crippen LogP contribution in [0.1, 0.15) is 43.1 Å². The van der Waals surface area contributed by atoms with Crippen molar-refractivity contribution in [3.05, 3.63) is 53.4 Å². The van der Waals surface area contributed by atoms with Crippen LogP contribution in [0, 0.1) is 0 Å². The third kappa shape index (κ3) is 3.39. The zero-order chi connectivity index (χ0) is 24.4. The van der Waals surface area contributed by atoms with Crippen molar-refractivity contribution in [2.75, 3.05) is 0 Å². The molecule has 0 atom stereocenters. The van der Waals surface area contributed by atoms with Crippen LogP contribution < -0.4 is 5.49 Å². The van der Waals surface area contributed by atoms with Gasteiger partial charge in [-0.25, -0.2) is 9.97 Å². The van der Waals surface area contributed by atoms with Gasteiger partial charge in [0.25, 0.3) is 5.91 Å². The van der Waals surface area contributed by atoms with Gasteiger partial charge in [0.15, 0.2) is 5.49 Å². The van der Waals surface area contributed by atoms with Crippen LogP contribution in [0.15, 0.2) is 47.2 Å². The molecule has 5 heterocycles. The number of nitrogens with one attached hydrogen (secondary N) is 1. The number of rotatable bonds is 6. The Kier molecular flexibility index (Phi) is 4.85. The molecule has 36 heavy (non-hydrogen) atoms. The molecule has 0 spiro atoms. The first kappa shape index (κ1) is 21.5. The number of hydrogen-bond donors (Lipinski definition) is 1. The standard InChI is InChI=1S/C26H26N8OS/c1-3-33-20(25(35)34(15-7-8-15)16-9-10-16)12-17-21-22(29-14-28-21)23(32(2)24(17)33)31-26-30-19(13-36-26)18-6-4-5-11-27-18/h4-6,11-16H,3,7-10H2,1-2H3,(H,28,29). The Hall–Kier alpha value is -3.79. The van der Waals surface area contributed by atoms with Gasteiger partial charge in [0, 0.05) is 42.6 Å². The maximum Gasteiger partial charge on any atom is 0.271 e. The second-order valence-electron chi connectivity index (χ2n) is 9.54. The summed E-state index contributed by atoms with van der Waals surface area (Å²) in [5.41, 5.74) is 5.66. The van der Waals surface area contributed by atoms with E-state index in [0.29, 0.717) is 23.8 Å². The first-order valence-corrected chi connectivity index (χ1v) is 13.3. The number of hydrogen-bond acceptors (Lipinski definition) is 6. The second kappa shape index (κ2) is 8.12. The van der Waals surface area contributed by atoms with Crippen molar-refractivity contribution in [3.63, 3.8) is 0 Å². The van der Waals surface area contributed by atoms with Gasteiger partial charge in [-0.3, -0.25) is 9.78 Å². The van der Waals surface area contributed by atoms with E-state index in [1.165, 1.54) is 11.3 Å². The summed E-state index contributed by atoms with van der Waals surface area (Å²) in [5.74, 6) is 0.139. The fourth-order valence-electron chi connectivity index (χ4n) is 5.15. The van der Waals surface area contributed by atoms with Crippen molar-refractivity contribution >= 4 is 44.4 Å². The molecule has 0 bridgehead atoms. The van der Waals surface area contributed by atoms with Crippen LogP contribution in [-0.2, 0) is 13.6 Å². The molecule has 0 unspecified atom stereocenters. The third-order valence-corrected chi connectivity index (χ3v) is 7.83. The molecule has 0 radical (unpaired) electrons. The van der Waals surface area contributed by atoms with E-state index in [9.17, 15) is 4.79 Å². The Balaban J connectivity index is 1.41. The summed E-state index contributed by atoms with van der Waals surface area (Å²) in [6, 6.07) is 8.60. The molecular weight excluding hydrogens is 472 g/mol. The first-order chi connectivity index (χ1) is 17.6. The van der Waals surface area contributed by atoms with Crippen LogP contribution in [0.2, 0.25) is 0 Å². The molecule has 9 nitrogen and oxygen atoms in total. The van der Waals surface area contributed by atoms with Crippen molar-refractivity contribution < 1.29 is 4.79 Å². The molecule has 2 aliphatic rings. The number of carbonyl (C=O) groups is 1. The van der Waals surface area contributed by atoms with Crippen LogP contribution in [0.3, 0.4) is 0 Å². The molecule has 1 N–H and O–H groups in total. The number of thiazole rings is 1. The molecule has 182 valence electrons. The lowest BCUT2D eigenvalue weighted by atomic mass is 10.2. The van der Waals surface area contributed by atoms with Gasteiger partial charge in [0.05, 0.1) is 12.0 Å². The molecule has 7 rings (SSSR count). The van der Waals surface area contributed by atoms with Crippen molar-refractivity contribution in [1.29, 1.82) is 0 Å². The fourth-order valence-corrected chi connectivity index (χ4v) is 5.83. The quantitative estimate of drug-likeness (QED) is 0.375. The van der Waals surface area contributed by atoms with E-state index in [-0.39, 0.29) is 5.91 Å². The van der Waals surface area contributed by atoms with Crippen LogP contribution >= 0.6 is 11.3 Å². The maximum atomic E-state index is 13.8. The van der Waals surface area contributed by atoms with Crippen molar-refractivity contribution in [2.24, 2.45) is 12.0 Å². The largest absolute Gasteiger partial charge is 0.342 e. The summed E-state index contributed by atoms with van der Waals surface area (Å²) < 4.78 is 4.17. The molecule has 2 fully saturated rings. The zero-order valence-electron chi connectivity index (χ0n) is 20.2. The number of imidazole rings is 1. The van der Waals surface area contributed by atoms with Gasteiger partial charge in [-0.05, 0) is 50.8 Å². The average Bonchev–Trinajstić information content (AvgIpc) is 3.77. The van der Waals surface area contributed by atoms with E-state index >= 15 is 0 Å². The highest BCUT2D eigenvalue weighted by Gasteiger charge is 2.43. The van der Waals surface area contributed by atoms with Gasteiger partial charge in [-0.15, -0.1) is 11.3 Å². The normalized spacial score (nSPS) is 16.3. The summed E-state index contributed by atoms with van der Waals surface area (Å²) in [6.07, 6.45) is 7.91. The number of fused-ring (bicyclic) bond motifs is 3. The average molecular weight is 499 g/mol. The predicted octanol–water partition coefficient (Wildman–Crippen LogP) is 4.39. The predicted molar refractivity (Wildman–Crippen MR) is 139 cm³/mol. The van der Waals surface area contributed by atoms with Gasteiger partial charge in [0.2, 0.25) is 5.13 Å². The highest BCUT2D eigenvalue weighted by molar-refractivity contribution is 7.13. The Labute approximate surface area is 211 Å². The van der Waals surface area contributed by atoms with Crippen LogP contribution in [0.5, 0.6) is 0 Å². The van der Waals surface area contributed by atoms with E-state index in [2.05, 4.69) is 35.9 Å². The van der Waals surface area contributed by atoms with E-state index in [4.69, 9.17) is 9.98 Å². The van der Waals surface area contributed by atoms with Gasteiger partial charge < -0.3 is 19.0 Å². The molecule has 2 aliphatic carbocycles. The minimum Gasteiger partial charge on any atom is -0.342 e. The lowest BCUT2D eigenvalue weighted by molar-refractivity contribution is 0.0719. The third-order valence-electron chi connectivity index (χ3n) is 7.09. The SMILES string of the molecule is CCn1c(C(=O)N(C2CC2)C2CC2)cc2c3nc[nH]c3c(=Nc3nc(-c4ccccn4)cs3)n(C)c21. The Morgan fingerprint density at radius 1 is 1.19 bits per heavy atom.